The Balaban J connectivity index is 1.94. The average molecular weight is 414 g/mol. The van der Waals surface area contributed by atoms with Crippen molar-refractivity contribution in [3.63, 3.8) is 0 Å². The van der Waals surface area contributed by atoms with Crippen LogP contribution in [0, 0.1) is 5.82 Å². The molecule has 0 amide bonds. The zero-order valence-electron chi connectivity index (χ0n) is 14.7. The topological polar surface area (TPSA) is 53.1 Å². The van der Waals surface area contributed by atoms with E-state index in [-0.39, 0.29) is 11.4 Å². The number of anilines is 1. The van der Waals surface area contributed by atoms with Crippen molar-refractivity contribution in [3.8, 4) is 16.9 Å². The third-order valence-electron chi connectivity index (χ3n) is 4.01. The maximum Gasteiger partial charge on any atom is 0.414 e. The van der Waals surface area contributed by atoms with Crippen LogP contribution in [0.2, 0.25) is 5.02 Å². The van der Waals surface area contributed by atoms with E-state index in [4.69, 9.17) is 22.1 Å². The van der Waals surface area contributed by atoms with E-state index in [9.17, 15) is 17.6 Å². The zero-order valence-corrected chi connectivity index (χ0v) is 15.4. The minimum absolute atomic E-state index is 0.206. The van der Waals surface area contributed by atoms with Crippen molar-refractivity contribution >= 4 is 17.4 Å². The summed E-state index contributed by atoms with van der Waals surface area (Å²) in [6, 6.07) is 12.2. The van der Waals surface area contributed by atoms with Gasteiger partial charge in [0.15, 0.2) is 6.10 Å². The molecule has 0 aliphatic heterocycles. The lowest BCUT2D eigenvalue weighted by Crippen LogP contribution is -2.28. The van der Waals surface area contributed by atoms with Crippen LogP contribution in [-0.4, -0.2) is 22.1 Å². The minimum atomic E-state index is -4.49. The molecular formula is C19H16ClF4N3O. The average Bonchev–Trinajstić information content (AvgIpc) is 3.01. The number of nitrogens with zero attached hydrogens (tertiary/aromatic N) is 2. The number of ether oxygens (including phenoxy) is 1. The summed E-state index contributed by atoms with van der Waals surface area (Å²) in [5, 5.41) is 4.74. The molecular weight excluding hydrogens is 398 g/mol. The van der Waals surface area contributed by atoms with Gasteiger partial charge >= 0.3 is 6.18 Å². The van der Waals surface area contributed by atoms with Gasteiger partial charge in [-0.25, -0.2) is 9.07 Å². The number of halogens is 5. The molecule has 1 atom stereocenters. The molecule has 0 aliphatic carbocycles. The van der Waals surface area contributed by atoms with Gasteiger partial charge in [-0.1, -0.05) is 11.6 Å². The number of aromatic nitrogens is 2. The Morgan fingerprint density at radius 3 is 2.46 bits per heavy atom. The molecule has 2 aromatic carbocycles. The van der Waals surface area contributed by atoms with Gasteiger partial charge in [0.1, 0.15) is 11.6 Å². The van der Waals surface area contributed by atoms with Gasteiger partial charge in [-0.2, -0.15) is 18.3 Å². The molecule has 2 N–H and O–H groups in total. The van der Waals surface area contributed by atoms with Gasteiger partial charge in [-0.05, 0) is 55.0 Å². The predicted molar refractivity (Wildman–Crippen MR) is 98.7 cm³/mol. The molecule has 4 nitrogen and oxygen atoms in total. The molecule has 3 rings (SSSR count). The lowest BCUT2D eigenvalue weighted by Gasteiger charge is -2.16. The minimum Gasteiger partial charge on any atom is -0.382 e. The van der Waals surface area contributed by atoms with Crippen LogP contribution >= 0.6 is 11.6 Å². The second kappa shape index (κ2) is 7.81. The van der Waals surface area contributed by atoms with E-state index in [1.165, 1.54) is 16.8 Å². The van der Waals surface area contributed by atoms with Crippen molar-refractivity contribution in [2.75, 3.05) is 5.73 Å². The van der Waals surface area contributed by atoms with Gasteiger partial charge in [-0.15, -0.1) is 0 Å². The van der Waals surface area contributed by atoms with Gasteiger partial charge < -0.3 is 10.5 Å². The Morgan fingerprint density at radius 1 is 1.14 bits per heavy atom. The maximum absolute atomic E-state index is 14.1. The van der Waals surface area contributed by atoms with Crippen LogP contribution in [0.15, 0.2) is 48.5 Å². The third kappa shape index (κ3) is 4.63. The molecule has 28 heavy (non-hydrogen) atoms. The molecule has 9 heteroatoms. The van der Waals surface area contributed by atoms with Crippen molar-refractivity contribution in [3.05, 3.63) is 64.9 Å². The van der Waals surface area contributed by atoms with Crippen molar-refractivity contribution in [1.29, 1.82) is 0 Å². The summed E-state index contributed by atoms with van der Waals surface area (Å²) in [7, 11) is 0. The van der Waals surface area contributed by atoms with Crippen LogP contribution in [0.3, 0.4) is 0 Å². The highest BCUT2D eigenvalue weighted by Gasteiger charge is 2.36. The first kappa shape index (κ1) is 20.2. The van der Waals surface area contributed by atoms with Crippen LogP contribution in [0.1, 0.15) is 12.5 Å². The van der Waals surface area contributed by atoms with Crippen LogP contribution < -0.4 is 5.73 Å². The Hall–Kier alpha value is -2.58. The number of benzene rings is 2. The van der Waals surface area contributed by atoms with E-state index in [2.05, 4.69) is 5.10 Å². The number of hydrogen-bond donors (Lipinski definition) is 1. The molecule has 0 saturated heterocycles. The first-order valence-electron chi connectivity index (χ1n) is 8.23. The molecule has 148 valence electrons. The number of alkyl halides is 3. The zero-order chi connectivity index (χ0) is 20.5. The van der Waals surface area contributed by atoms with Crippen LogP contribution in [0.25, 0.3) is 16.9 Å². The summed E-state index contributed by atoms with van der Waals surface area (Å²) >= 11 is 5.90. The number of nitrogens with two attached hydrogens (primary N) is 1. The van der Waals surface area contributed by atoms with Gasteiger partial charge in [0, 0.05) is 16.7 Å². The van der Waals surface area contributed by atoms with Crippen molar-refractivity contribution in [1.82, 2.24) is 9.78 Å². The SMILES string of the molecule is CC(OCc1cc(F)cc(-c2cc(N)nn2-c2ccc(Cl)cc2)c1)C(F)(F)F. The lowest BCUT2D eigenvalue weighted by molar-refractivity contribution is -0.217. The van der Waals surface area contributed by atoms with Gasteiger partial charge in [0.05, 0.1) is 18.0 Å². The summed E-state index contributed by atoms with van der Waals surface area (Å²) in [4.78, 5) is 0. The smallest absolute Gasteiger partial charge is 0.382 e. The molecule has 0 fully saturated rings. The van der Waals surface area contributed by atoms with Crippen molar-refractivity contribution < 1.29 is 22.3 Å². The Morgan fingerprint density at radius 2 is 1.82 bits per heavy atom. The summed E-state index contributed by atoms with van der Waals surface area (Å²) in [5.74, 6) is -0.407. The van der Waals surface area contributed by atoms with E-state index >= 15 is 0 Å². The second-order valence-corrected chi connectivity index (χ2v) is 6.62. The van der Waals surface area contributed by atoms with Crippen LogP contribution in [0.4, 0.5) is 23.4 Å². The summed E-state index contributed by atoms with van der Waals surface area (Å²) in [5.41, 5.74) is 7.58. The fourth-order valence-corrected chi connectivity index (χ4v) is 2.71. The highest BCUT2D eigenvalue weighted by molar-refractivity contribution is 6.30. The fourth-order valence-electron chi connectivity index (χ4n) is 2.58. The fraction of sp³-hybridized carbons (Fsp3) is 0.211. The van der Waals surface area contributed by atoms with Gasteiger partial charge in [0.25, 0.3) is 0 Å². The molecule has 1 unspecified atom stereocenters. The quantitative estimate of drug-likeness (QED) is 0.571. The first-order chi connectivity index (χ1) is 13.1. The van der Waals surface area contributed by atoms with E-state index < -0.39 is 24.7 Å². The Bertz CT molecular complexity index is 970. The molecule has 1 aromatic heterocycles. The maximum atomic E-state index is 14.1. The Labute approximate surface area is 163 Å². The molecule has 0 aliphatic rings. The van der Waals surface area contributed by atoms with Gasteiger partial charge in [0.2, 0.25) is 0 Å². The van der Waals surface area contributed by atoms with E-state index in [1.54, 1.807) is 30.3 Å². The summed E-state index contributed by atoms with van der Waals surface area (Å²) in [6.07, 6.45) is -6.45. The van der Waals surface area contributed by atoms with Crippen molar-refractivity contribution in [2.45, 2.75) is 25.8 Å². The van der Waals surface area contributed by atoms with Crippen molar-refractivity contribution in [2.24, 2.45) is 0 Å². The number of hydrogen-bond acceptors (Lipinski definition) is 3. The number of nitrogen functional groups attached to an aromatic ring is 1. The van der Waals surface area contributed by atoms with Gasteiger partial charge in [-0.3, -0.25) is 0 Å². The predicted octanol–water partition coefficient (Wildman–Crippen LogP) is 5.38. The number of rotatable bonds is 5. The lowest BCUT2D eigenvalue weighted by atomic mass is 10.1. The largest absolute Gasteiger partial charge is 0.414 e. The molecule has 0 radical (unpaired) electrons. The first-order valence-corrected chi connectivity index (χ1v) is 8.61. The third-order valence-corrected chi connectivity index (χ3v) is 4.27. The normalized spacial score (nSPS) is 12.9. The summed E-state index contributed by atoms with van der Waals surface area (Å²) < 4.78 is 58.3. The monoisotopic (exact) mass is 413 g/mol. The highest BCUT2D eigenvalue weighted by Crippen LogP contribution is 2.28. The van der Waals surface area contributed by atoms with E-state index in [0.717, 1.165) is 13.0 Å². The van der Waals surface area contributed by atoms with Crippen LogP contribution in [0.5, 0.6) is 0 Å². The molecule has 0 saturated carbocycles. The van der Waals surface area contributed by atoms with E-state index in [0.29, 0.717) is 22.0 Å². The molecule has 0 spiro atoms. The highest BCUT2D eigenvalue weighted by atomic mass is 35.5. The molecule has 0 bridgehead atoms. The second-order valence-electron chi connectivity index (χ2n) is 6.19. The standard InChI is InChI=1S/C19H16ClF4N3O/c1-11(19(22,23)24)28-10-12-6-13(8-15(21)7-12)17-9-18(25)26-27(17)16-4-2-14(20)3-5-16/h2-9,11H,10H2,1H3,(H2,25,26). The van der Waals surface area contributed by atoms with E-state index in [1.807, 2.05) is 0 Å². The summed E-state index contributed by atoms with van der Waals surface area (Å²) in [6.45, 7) is 0.506. The van der Waals surface area contributed by atoms with Crippen LogP contribution in [-0.2, 0) is 11.3 Å². The molecule has 1 heterocycles. The molecule has 3 aromatic rings. The Kier molecular flexibility index (Phi) is 5.62.